The minimum Gasteiger partial charge on any atom is -0.380 e. The Balaban J connectivity index is 1.35. The van der Waals surface area contributed by atoms with Gasteiger partial charge in [-0.15, -0.1) is 0 Å². The number of fused-ring (bicyclic) bond motifs is 3. The molecule has 208 valence electrons. The molecule has 2 bridgehead atoms. The van der Waals surface area contributed by atoms with Crippen LogP contribution in [-0.2, 0) is 16.1 Å². The average molecular weight is 548 g/mol. The highest BCUT2D eigenvalue weighted by molar-refractivity contribution is 5.96. The summed E-state index contributed by atoms with van der Waals surface area (Å²) < 4.78 is 67.1. The Morgan fingerprint density at radius 2 is 1.72 bits per heavy atom. The third-order valence-corrected chi connectivity index (χ3v) is 9.31. The van der Waals surface area contributed by atoms with Crippen molar-refractivity contribution in [2.75, 3.05) is 11.4 Å². The van der Waals surface area contributed by atoms with E-state index in [9.17, 15) is 37.1 Å². The molecule has 0 atom stereocenters. The Kier molecular flexibility index (Phi) is 6.53. The molecule has 10 heteroatoms. The fourth-order valence-electron chi connectivity index (χ4n) is 6.61. The molecular weight excluding hydrogens is 517 g/mol. The second-order valence-corrected chi connectivity index (χ2v) is 11.8. The summed E-state index contributed by atoms with van der Waals surface area (Å²) in [5.74, 6) is -4.41. The van der Waals surface area contributed by atoms with Gasteiger partial charge in [-0.2, -0.15) is 18.4 Å². The Hall–Kier alpha value is -3.06. The predicted molar refractivity (Wildman–Crippen MR) is 133 cm³/mol. The zero-order valence-corrected chi connectivity index (χ0v) is 21.6. The van der Waals surface area contributed by atoms with E-state index in [1.54, 1.807) is 30.3 Å². The summed E-state index contributed by atoms with van der Waals surface area (Å²) >= 11 is 0. The summed E-state index contributed by atoms with van der Waals surface area (Å²) in [6, 6.07) is 11.6. The van der Waals surface area contributed by atoms with E-state index in [0.29, 0.717) is 17.8 Å². The van der Waals surface area contributed by atoms with Crippen LogP contribution in [0.25, 0.3) is 0 Å². The first-order chi connectivity index (χ1) is 18.2. The second kappa shape index (κ2) is 9.26. The first kappa shape index (κ1) is 27.5. The van der Waals surface area contributed by atoms with Crippen LogP contribution in [-0.4, -0.2) is 34.3 Å². The monoisotopic (exact) mass is 547 g/mol. The van der Waals surface area contributed by atoms with Crippen molar-refractivity contribution in [3.8, 4) is 6.07 Å². The Morgan fingerprint density at radius 3 is 2.23 bits per heavy atom. The van der Waals surface area contributed by atoms with Crippen molar-refractivity contribution in [2.45, 2.75) is 81.4 Å². The van der Waals surface area contributed by atoms with Gasteiger partial charge in [0.2, 0.25) is 5.91 Å². The normalized spacial score (nSPS) is 30.4. The first-order valence-electron chi connectivity index (χ1n) is 13.1. The molecule has 6 rings (SSSR count). The van der Waals surface area contributed by atoms with Crippen LogP contribution in [0.5, 0.6) is 0 Å². The number of benzene rings is 1. The first-order valence-corrected chi connectivity index (χ1v) is 13.1. The SMILES string of the molecule is CC(F)(F)c1ccc(C23CCC(CN(C(=O)C4CC(O)(C(F)(F)F)C4)c4cccc(C#N)c4)(CC2)CC3)nc1. The number of carbonyl (C=O) groups excluding carboxylic acids is 1. The number of amides is 1. The van der Waals surface area contributed by atoms with Crippen molar-refractivity contribution in [1.29, 1.82) is 5.26 Å². The van der Waals surface area contributed by atoms with Gasteiger partial charge in [-0.05, 0) is 87.1 Å². The molecule has 1 aromatic carbocycles. The lowest BCUT2D eigenvalue weighted by atomic mass is 9.52. The lowest BCUT2D eigenvalue weighted by Gasteiger charge is -2.55. The second-order valence-electron chi connectivity index (χ2n) is 11.8. The molecule has 4 aliphatic carbocycles. The highest BCUT2D eigenvalue weighted by Gasteiger charge is 2.63. The maximum Gasteiger partial charge on any atom is 0.417 e. The van der Waals surface area contributed by atoms with E-state index in [-0.39, 0.29) is 16.4 Å². The van der Waals surface area contributed by atoms with Crippen molar-refractivity contribution >= 4 is 11.6 Å². The molecule has 1 N–H and O–H groups in total. The van der Waals surface area contributed by atoms with Gasteiger partial charge in [0.25, 0.3) is 5.92 Å². The van der Waals surface area contributed by atoms with Crippen LogP contribution < -0.4 is 4.90 Å². The molecule has 0 unspecified atom stereocenters. The van der Waals surface area contributed by atoms with E-state index in [4.69, 9.17) is 0 Å². The highest BCUT2D eigenvalue weighted by atomic mass is 19.4. The summed E-state index contributed by atoms with van der Waals surface area (Å²) in [4.78, 5) is 19.5. The van der Waals surface area contributed by atoms with E-state index in [2.05, 4.69) is 4.98 Å². The van der Waals surface area contributed by atoms with Crippen molar-refractivity contribution in [1.82, 2.24) is 4.98 Å². The molecule has 5 nitrogen and oxygen atoms in total. The topological polar surface area (TPSA) is 77.2 Å². The molecule has 4 aliphatic rings. The zero-order valence-electron chi connectivity index (χ0n) is 21.6. The maximum atomic E-state index is 13.7. The fourth-order valence-corrected chi connectivity index (χ4v) is 6.61. The van der Waals surface area contributed by atoms with Crippen molar-refractivity contribution in [3.63, 3.8) is 0 Å². The Morgan fingerprint density at radius 1 is 1.08 bits per heavy atom. The van der Waals surface area contributed by atoms with Crippen molar-refractivity contribution in [2.24, 2.45) is 11.3 Å². The summed E-state index contributed by atoms with van der Waals surface area (Å²) in [5.41, 5.74) is -1.90. The van der Waals surface area contributed by atoms with Gasteiger partial charge in [0.05, 0.1) is 11.6 Å². The van der Waals surface area contributed by atoms with Gasteiger partial charge >= 0.3 is 6.18 Å². The molecule has 0 saturated heterocycles. The molecule has 1 amide bonds. The zero-order chi connectivity index (χ0) is 28.3. The summed E-state index contributed by atoms with van der Waals surface area (Å²) in [7, 11) is 0. The van der Waals surface area contributed by atoms with Crippen LogP contribution in [0.1, 0.15) is 75.1 Å². The average Bonchev–Trinajstić information content (AvgIpc) is 2.89. The number of pyridine rings is 1. The smallest absolute Gasteiger partial charge is 0.380 e. The molecule has 4 fully saturated rings. The van der Waals surface area contributed by atoms with E-state index < -0.39 is 42.4 Å². The quantitative estimate of drug-likeness (QED) is 0.425. The van der Waals surface area contributed by atoms with Crippen LogP contribution >= 0.6 is 0 Å². The number of carbonyl (C=O) groups is 1. The van der Waals surface area contributed by atoms with Crippen molar-refractivity contribution in [3.05, 3.63) is 59.4 Å². The van der Waals surface area contributed by atoms with Gasteiger partial charge in [0.15, 0.2) is 5.60 Å². The molecule has 4 saturated carbocycles. The largest absolute Gasteiger partial charge is 0.417 e. The van der Waals surface area contributed by atoms with Gasteiger partial charge in [0.1, 0.15) is 0 Å². The van der Waals surface area contributed by atoms with Crippen LogP contribution in [0.2, 0.25) is 0 Å². The van der Waals surface area contributed by atoms with Gasteiger partial charge < -0.3 is 10.0 Å². The minimum absolute atomic E-state index is 0.134. The number of aromatic nitrogens is 1. The molecule has 39 heavy (non-hydrogen) atoms. The summed E-state index contributed by atoms with van der Waals surface area (Å²) in [6.07, 6.45) is -0.389. The summed E-state index contributed by atoms with van der Waals surface area (Å²) in [5, 5.41) is 19.3. The van der Waals surface area contributed by atoms with E-state index >= 15 is 0 Å². The molecular formula is C29H30F5N3O2. The van der Waals surface area contributed by atoms with E-state index in [1.165, 1.54) is 17.2 Å². The van der Waals surface area contributed by atoms with E-state index in [0.717, 1.165) is 51.1 Å². The number of aliphatic hydroxyl groups is 1. The summed E-state index contributed by atoms with van der Waals surface area (Å²) in [6.45, 7) is 1.14. The highest BCUT2D eigenvalue weighted by Crippen LogP contribution is 2.58. The fraction of sp³-hybridized carbons (Fsp3) is 0.552. The number of anilines is 1. The van der Waals surface area contributed by atoms with Crippen LogP contribution in [0.15, 0.2) is 42.6 Å². The Labute approximate surface area is 223 Å². The minimum atomic E-state index is -4.80. The molecule has 0 spiro atoms. The molecule has 1 heterocycles. The Bertz CT molecular complexity index is 1270. The number of rotatable bonds is 6. The lowest BCUT2D eigenvalue weighted by Crippen LogP contribution is -2.60. The van der Waals surface area contributed by atoms with Gasteiger partial charge in [-0.3, -0.25) is 9.78 Å². The van der Waals surface area contributed by atoms with Gasteiger partial charge in [-0.25, -0.2) is 8.78 Å². The van der Waals surface area contributed by atoms with Gasteiger partial charge in [-0.1, -0.05) is 6.07 Å². The predicted octanol–water partition coefficient (Wildman–Crippen LogP) is 6.39. The number of hydrogen-bond donors (Lipinski definition) is 1. The number of nitriles is 1. The number of alkyl halides is 5. The van der Waals surface area contributed by atoms with Crippen LogP contribution in [0.3, 0.4) is 0 Å². The number of halogens is 5. The number of hydrogen-bond acceptors (Lipinski definition) is 4. The lowest BCUT2D eigenvalue weighted by molar-refractivity contribution is -0.295. The van der Waals surface area contributed by atoms with Gasteiger partial charge in [0, 0.05) is 47.9 Å². The van der Waals surface area contributed by atoms with E-state index in [1.807, 2.05) is 6.07 Å². The molecule has 0 aliphatic heterocycles. The maximum absolute atomic E-state index is 13.7. The number of nitrogens with zero attached hydrogens (tertiary/aromatic N) is 3. The van der Waals surface area contributed by atoms with Crippen LogP contribution in [0.4, 0.5) is 27.6 Å². The third-order valence-electron chi connectivity index (χ3n) is 9.31. The molecule has 1 aromatic heterocycles. The standard InChI is InChI=1S/C29H30F5N3O2/c1-25(30,31)21-5-6-23(36-17-21)27-10-7-26(8-11-27,9-12-27)18-37(22-4-2-3-19(13-22)16-35)24(38)20-14-28(39,15-20)29(32,33)34/h2-6,13,17,20,39H,7-12,14-15,18H2,1H3. The molecule has 0 radical (unpaired) electrons. The molecule has 2 aromatic rings. The third kappa shape index (κ3) is 4.90. The van der Waals surface area contributed by atoms with Crippen LogP contribution in [0, 0.1) is 22.7 Å². The van der Waals surface area contributed by atoms with Crippen molar-refractivity contribution < 1.29 is 31.9 Å².